The van der Waals surface area contributed by atoms with Crippen LogP contribution in [0, 0.1) is 11.6 Å². The van der Waals surface area contributed by atoms with Crippen LogP contribution in [0.5, 0.6) is 0 Å². The summed E-state index contributed by atoms with van der Waals surface area (Å²) in [4.78, 5) is 12.4. The van der Waals surface area contributed by atoms with E-state index in [0.717, 1.165) is 17.0 Å². The van der Waals surface area contributed by atoms with Crippen molar-refractivity contribution >= 4 is 22.9 Å². The number of amides is 1. The van der Waals surface area contributed by atoms with Gasteiger partial charge in [-0.2, -0.15) is 0 Å². The van der Waals surface area contributed by atoms with Crippen molar-refractivity contribution in [1.82, 2.24) is 0 Å². The highest BCUT2D eigenvalue weighted by Gasteiger charge is 2.12. The molecule has 1 N–H and O–H groups in total. The fourth-order valence-electron chi connectivity index (χ4n) is 1.37. The molecule has 88 valence electrons. The summed E-state index contributed by atoms with van der Waals surface area (Å²) in [7, 11) is 0. The first-order valence-corrected chi connectivity index (χ1v) is 5.81. The maximum Gasteiger partial charge on any atom is 0.229 e. The molecule has 0 radical (unpaired) electrons. The minimum Gasteiger partial charge on any atom is -0.321 e. The molecule has 0 aliphatic rings. The third kappa shape index (κ3) is 2.88. The van der Waals surface area contributed by atoms with Crippen molar-refractivity contribution < 1.29 is 13.6 Å². The molecule has 1 heterocycles. The molecule has 0 unspecified atom stereocenters. The molecule has 0 fully saturated rings. The second kappa shape index (κ2) is 5.05. The lowest BCUT2D eigenvalue weighted by Gasteiger charge is -2.06. The first-order valence-electron chi connectivity index (χ1n) is 4.93. The lowest BCUT2D eigenvalue weighted by Crippen LogP contribution is -2.15. The molecule has 2 aromatic rings. The Morgan fingerprint density at radius 1 is 1.18 bits per heavy atom. The second-order valence-corrected chi connectivity index (χ2v) is 4.43. The molecule has 0 atom stereocenters. The standard InChI is InChI=1S/C12H9F2NOS/c13-9-4-1-5-10(14)12(9)15-11(16)7-8-3-2-6-17-8/h1-6H,7H2,(H,15,16). The fraction of sp³-hybridized carbons (Fsp3) is 0.0833. The summed E-state index contributed by atoms with van der Waals surface area (Å²) in [5.74, 6) is -1.98. The molecule has 1 aromatic heterocycles. The van der Waals surface area contributed by atoms with Crippen molar-refractivity contribution in [3.05, 3.63) is 52.2 Å². The summed E-state index contributed by atoms with van der Waals surface area (Å²) in [6.45, 7) is 0. The Kier molecular flexibility index (Phi) is 3.49. The molecule has 0 saturated heterocycles. The average Bonchev–Trinajstić information content (AvgIpc) is 2.76. The van der Waals surface area contributed by atoms with Crippen molar-refractivity contribution in [1.29, 1.82) is 0 Å². The number of carbonyl (C=O) groups is 1. The summed E-state index contributed by atoms with van der Waals surface area (Å²) < 4.78 is 26.5. The molecule has 0 bridgehead atoms. The number of halogens is 2. The van der Waals surface area contributed by atoms with Gasteiger partial charge in [0.25, 0.3) is 0 Å². The lowest BCUT2D eigenvalue weighted by atomic mass is 10.2. The smallest absolute Gasteiger partial charge is 0.229 e. The number of para-hydroxylation sites is 1. The van der Waals surface area contributed by atoms with Crippen LogP contribution in [0.4, 0.5) is 14.5 Å². The SMILES string of the molecule is O=C(Cc1cccs1)Nc1c(F)cccc1F. The van der Waals surface area contributed by atoms with Gasteiger partial charge >= 0.3 is 0 Å². The summed E-state index contributed by atoms with van der Waals surface area (Å²) in [5.41, 5.74) is -0.394. The van der Waals surface area contributed by atoms with Crippen molar-refractivity contribution in [2.75, 3.05) is 5.32 Å². The number of benzene rings is 1. The van der Waals surface area contributed by atoms with E-state index in [9.17, 15) is 13.6 Å². The summed E-state index contributed by atoms with van der Waals surface area (Å²) >= 11 is 1.42. The number of hydrogen-bond donors (Lipinski definition) is 1. The van der Waals surface area contributed by atoms with Gasteiger partial charge in [-0.1, -0.05) is 12.1 Å². The van der Waals surface area contributed by atoms with E-state index < -0.39 is 23.2 Å². The number of rotatable bonds is 3. The van der Waals surface area contributed by atoms with Crippen molar-refractivity contribution in [3.8, 4) is 0 Å². The van der Waals surface area contributed by atoms with Gasteiger partial charge in [0, 0.05) is 4.88 Å². The number of thiophene rings is 1. The minimum atomic E-state index is -0.774. The Bertz CT molecular complexity index is 505. The van der Waals surface area contributed by atoms with Crippen LogP contribution in [-0.4, -0.2) is 5.91 Å². The quantitative estimate of drug-likeness (QED) is 0.894. The lowest BCUT2D eigenvalue weighted by molar-refractivity contribution is -0.115. The van der Waals surface area contributed by atoms with E-state index in [1.54, 1.807) is 6.07 Å². The van der Waals surface area contributed by atoms with E-state index in [1.807, 2.05) is 11.4 Å². The van der Waals surface area contributed by atoms with E-state index >= 15 is 0 Å². The highest BCUT2D eigenvalue weighted by atomic mass is 32.1. The fourth-order valence-corrected chi connectivity index (χ4v) is 2.08. The van der Waals surface area contributed by atoms with Gasteiger partial charge < -0.3 is 5.32 Å². The van der Waals surface area contributed by atoms with Crippen LogP contribution in [0.15, 0.2) is 35.7 Å². The molecular formula is C12H9F2NOS. The number of anilines is 1. The largest absolute Gasteiger partial charge is 0.321 e. The zero-order valence-corrected chi connectivity index (χ0v) is 9.56. The highest BCUT2D eigenvalue weighted by molar-refractivity contribution is 7.10. The van der Waals surface area contributed by atoms with E-state index in [-0.39, 0.29) is 6.42 Å². The third-order valence-electron chi connectivity index (χ3n) is 2.14. The normalized spacial score (nSPS) is 10.2. The van der Waals surface area contributed by atoms with Crippen molar-refractivity contribution in [2.24, 2.45) is 0 Å². The molecule has 0 aliphatic carbocycles. The first kappa shape index (κ1) is 11.7. The molecule has 2 rings (SSSR count). The van der Waals surface area contributed by atoms with Gasteiger partial charge in [0.05, 0.1) is 6.42 Å². The van der Waals surface area contributed by atoms with Gasteiger partial charge in [-0.3, -0.25) is 4.79 Å². The minimum absolute atomic E-state index is 0.117. The predicted molar refractivity (Wildman–Crippen MR) is 63.0 cm³/mol. The molecule has 2 nitrogen and oxygen atoms in total. The first-order chi connectivity index (χ1) is 8.16. The Hall–Kier alpha value is -1.75. The zero-order chi connectivity index (χ0) is 12.3. The maximum atomic E-state index is 13.2. The summed E-state index contributed by atoms with van der Waals surface area (Å²) in [5, 5.41) is 4.07. The van der Waals surface area contributed by atoms with Gasteiger partial charge in [-0.15, -0.1) is 11.3 Å². The van der Waals surface area contributed by atoms with Gasteiger partial charge in [0.2, 0.25) is 5.91 Å². The Balaban J connectivity index is 2.08. The number of carbonyl (C=O) groups excluding carboxylic acids is 1. The van der Waals surface area contributed by atoms with Gasteiger partial charge in [0.1, 0.15) is 17.3 Å². The highest BCUT2D eigenvalue weighted by Crippen LogP contribution is 2.18. The van der Waals surface area contributed by atoms with Crippen LogP contribution >= 0.6 is 11.3 Å². The van der Waals surface area contributed by atoms with Gasteiger partial charge in [0.15, 0.2) is 0 Å². The molecule has 0 saturated carbocycles. The van der Waals surface area contributed by atoms with Crippen molar-refractivity contribution in [3.63, 3.8) is 0 Å². The number of nitrogens with one attached hydrogen (secondary N) is 1. The zero-order valence-electron chi connectivity index (χ0n) is 8.74. The molecule has 5 heteroatoms. The second-order valence-electron chi connectivity index (χ2n) is 3.40. The van der Waals surface area contributed by atoms with Crippen LogP contribution in [0.2, 0.25) is 0 Å². The van der Waals surface area contributed by atoms with Crippen LogP contribution in [0.3, 0.4) is 0 Å². The monoisotopic (exact) mass is 253 g/mol. The maximum absolute atomic E-state index is 13.2. The van der Waals surface area contributed by atoms with E-state index in [0.29, 0.717) is 0 Å². The molecule has 0 aliphatic heterocycles. The van der Waals surface area contributed by atoms with Crippen LogP contribution in [0.1, 0.15) is 4.88 Å². The van der Waals surface area contributed by atoms with Crippen LogP contribution in [0.25, 0.3) is 0 Å². The van der Waals surface area contributed by atoms with E-state index in [2.05, 4.69) is 5.32 Å². The van der Waals surface area contributed by atoms with E-state index in [1.165, 1.54) is 17.4 Å². The van der Waals surface area contributed by atoms with Gasteiger partial charge in [-0.25, -0.2) is 8.78 Å². The molecule has 1 aromatic carbocycles. The van der Waals surface area contributed by atoms with E-state index in [4.69, 9.17) is 0 Å². The Morgan fingerprint density at radius 2 is 1.88 bits per heavy atom. The molecule has 0 spiro atoms. The summed E-state index contributed by atoms with van der Waals surface area (Å²) in [6, 6.07) is 7.06. The number of hydrogen-bond acceptors (Lipinski definition) is 2. The summed E-state index contributed by atoms with van der Waals surface area (Å²) in [6.07, 6.45) is 0.117. The Morgan fingerprint density at radius 3 is 2.47 bits per heavy atom. The average molecular weight is 253 g/mol. The predicted octanol–water partition coefficient (Wildman–Crippen LogP) is 3.21. The van der Waals surface area contributed by atoms with Crippen LogP contribution < -0.4 is 5.32 Å². The Labute approximate surface area is 101 Å². The molecule has 17 heavy (non-hydrogen) atoms. The van der Waals surface area contributed by atoms with Crippen molar-refractivity contribution in [2.45, 2.75) is 6.42 Å². The molecule has 1 amide bonds. The van der Waals surface area contributed by atoms with Crippen LogP contribution in [-0.2, 0) is 11.2 Å². The third-order valence-corrected chi connectivity index (χ3v) is 3.02. The topological polar surface area (TPSA) is 29.1 Å². The molecular weight excluding hydrogens is 244 g/mol. The van der Waals surface area contributed by atoms with Gasteiger partial charge in [-0.05, 0) is 23.6 Å².